The second-order valence-electron chi connectivity index (χ2n) is 5.84. The van der Waals surface area contributed by atoms with E-state index in [2.05, 4.69) is 9.88 Å². The summed E-state index contributed by atoms with van der Waals surface area (Å²) in [5.41, 5.74) is 1.87. The van der Waals surface area contributed by atoms with E-state index < -0.39 is 0 Å². The van der Waals surface area contributed by atoms with Crippen molar-refractivity contribution < 1.29 is 13.9 Å². The van der Waals surface area contributed by atoms with E-state index in [1.807, 2.05) is 37.3 Å². The van der Waals surface area contributed by atoms with Gasteiger partial charge in [0.05, 0.1) is 18.2 Å². The molecule has 1 aliphatic rings. The molecule has 1 aliphatic heterocycles. The Morgan fingerprint density at radius 1 is 1.39 bits per heavy atom. The molecule has 2 aromatic rings. The monoisotopic (exact) mass is 314 g/mol. The van der Waals surface area contributed by atoms with Gasteiger partial charge in [-0.3, -0.25) is 9.69 Å². The van der Waals surface area contributed by atoms with Gasteiger partial charge in [0.15, 0.2) is 0 Å². The van der Waals surface area contributed by atoms with E-state index in [1.54, 1.807) is 6.26 Å². The van der Waals surface area contributed by atoms with Gasteiger partial charge in [0.25, 0.3) is 0 Å². The number of carbonyl (C=O) groups excluding carboxylic acids is 1. The highest BCUT2D eigenvalue weighted by Gasteiger charge is 2.27. The number of hydrogen-bond donors (Lipinski definition) is 0. The van der Waals surface area contributed by atoms with Gasteiger partial charge < -0.3 is 9.15 Å². The summed E-state index contributed by atoms with van der Waals surface area (Å²) in [6, 6.07) is 9.86. The van der Waals surface area contributed by atoms with Gasteiger partial charge in [0.2, 0.25) is 5.89 Å². The summed E-state index contributed by atoms with van der Waals surface area (Å²) in [4.78, 5) is 18.7. The Labute approximate surface area is 136 Å². The number of piperidine rings is 1. The molecule has 0 amide bonds. The Balaban J connectivity index is 1.61. The van der Waals surface area contributed by atoms with Crippen LogP contribution in [0.15, 0.2) is 41.0 Å². The van der Waals surface area contributed by atoms with Crippen LogP contribution < -0.4 is 0 Å². The van der Waals surface area contributed by atoms with Crippen LogP contribution in [0.5, 0.6) is 0 Å². The predicted molar refractivity (Wildman–Crippen MR) is 86.6 cm³/mol. The molecule has 1 saturated heterocycles. The van der Waals surface area contributed by atoms with Crippen molar-refractivity contribution in [2.75, 3.05) is 19.7 Å². The Kier molecular flexibility index (Phi) is 5.08. The van der Waals surface area contributed by atoms with Gasteiger partial charge >= 0.3 is 5.97 Å². The van der Waals surface area contributed by atoms with Gasteiger partial charge in [-0.1, -0.05) is 18.2 Å². The molecule has 5 nitrogen and oxygen atoms in total. The lowest BCUT2D eigenvalue weighted by molar-refractivity contribution is -0.150. The zero-order valence-electron chi connectivity index (χ0n) is 13.4. The summed E-state index contributed by atoms with van der Waals surface area (Å²) in [6.07, 6.45) is 3.62. The lowest BCUT2D eigenvalue weighted by atomic mass is 9.98. The molecule has 122 valence electrons. The largest absolute Gasteiger partial charge is 0.466 e. The standard InChI is InChI=1S/C18H22N2O3/c1-2-22-18(21)15-9-6-10-20(11-15)12-16-13-23-17(19-16)14-7-4-3-5-8-14/h3-5,7-8,13,15H,2,6,9-12H2,1H3. The second kappa shape index (κ2) is 7.42. The quantitative estimate of drug-likeness (QED) is 0.794. The third-order valence-corrected chi connectivity index (χ3v) is 4.08. The number of oxazole rings is 1. The van der Waals surface area contributed by atoms with Crippen LogP contribution >= 0.6 is 0 Å². The molecule has 3 rings (SSSR count). The van der Waals surface area contributed by atoms with E-state index in [9.17, 15) is 4.79 Å². The van der Waals surface area contributed by atoms with Crippen LogP contribution in [-0.4, -0.2) is 35.5 Å². The number of likely N-dealkylation sites (tertiary alicyclic amines) is 1. The minimum atomic E-state index is -0.0812. The molecule has 0 N–H and O–H groups in total. The van der Waals surface area contributed by atoms with Gasteiger partial charge in [0, 0.05) is 18.7 Å². The third kappa shape index (κ3) is 3.99. The Hall–Kier alpha value is -2.14. The topological polar surface area (TPSA) is 55.6 Å². The summed E-state index contributed by atoms with van der Waals surface area (Å²) >= 11 is 0. The zero-order valence-corrected chi connectivity index (χ0v) is 13.4. The van der Waals surface area contributed by atoms with Crippen molar-refractivity contribution in [3.05, 3.63) is 42.3 Å². The van der Waals surface area contributed by atoms with Gasteiger partial charge in [-0.2, -0.15) is 0 Å². The maximum atomic E-state index is 11.9. The smallest absolute Gasteiger partial charge is 0.310 e. The second-order valence-corrected chi connectivity index (χ2v) is 5.84. The number of benzene rings is 1. The average Bonchev–Trinajstić information content (AvgIpc) is 3.05. The summed E-state index contributed by atoms with van der Waals surface area (Å²) in [5.74, 6) is 0.533. The highest BCUT2D eigenvalue weighted by Crippen LogP contribution is 2.22. The number of ether oxygens (including phenoxy) is 1. The Morgan fingerprint density at radius 2 is 2.22 bits per heavy atom. The SMILES string of the molecule is CCOC(=O)C1CCCN(Cc2coc(-c3ccccc3)n2)C1. The minimum Gasteiger partial charge on any atom is -0.466 e. The molecule has 1 atom stereocenters. The maximum Gasteiger partial charge on any atom is 0.310 e. The molecule has 1 fully saturated rings. The van der Waals surface area contributed by atoms with Crippen molar-refractivity contribution in [3.8, 4) is 11.5 Å². The number of rotatable bonds is 5. The first-order chi connectivity index (χ1) is 11.3. The Bertz CT molecular complexity index is 639. The van der Waals surface area contributed by atoms with Crippen LogP contribution in [0.4, 0.5) is 0 Å². The van der Waals surface area contributed by atoms with E-state index in [4.69, 9.17) is 9.15 Å². The molecule has 2 heterocycles. The number of aromatic nitrogens is 1. The molecule has 1 unspecified atom stereocenters. The molecule has 0 spiro atoms. The zero-order chi connectivity index (χ0) is 16.1. The van der Waals surface area contributed by atoms with Gasteiger partial charge in [-0.25, -0.2) is 4.98 Å². The maximum absolute atomic E-state index is 11.9. The highest BCUT2D eigenvalue weighted by atomic mass is 16.5. The van der Waals surface area contributed by atoms with Crippen molar-refractivity contribution in [1.29, 1.82) is 0 Å². The van der Waals surface area contributed by atoms with Gasteiger partial charge in [-0.15, -0.1) is 0 Å². The fourth-order valence-electron chi connectivity index (χ4n) is 2.97. The fourth-order valence-corrected chi connectivity index (χ4v) is 2.97. The van der Waals surface area contributed by atoms with E-state index in [0.29, 0.717) is 19.0 Å². The van der Waals surface area contributed by atoms with E-state index >= 15 is 0 Å². The van der Waals surface area contributed by atoms with E-state index in [-0.39, 0.29) is 11.9 Å². The molecule has 5 heteroatoms. The van der Waals surface area contributed by atoms with Crippen molar-refractivity contribution in [3.63, 3.8) is 0 Å². The lowest BCUT2D eigenvalue weighted by Crippen LogP contribution is -2.39. The third-order valence-electron chi connectivity index (χ3n) is 4.08. The molecule has 0 bridgehead atoms. The highest BCUT2D eigenvalue weighted by molar-refractivity contribution is 5.72. The fraction of sp³-hybridized carbons (Fsp3) is 0.444. The summed E-state index contributed by atoms with van der Waals surface area (Å²) in [6.45, 7) is 4.69. The predicted octanol–water partition coefficient (Wildman–Crippen LogP) is 3.12. The normalized spacial score (nSPS) is 18.7. The molecule has 0 saturated carbocycles. The minimum absolute atomic E-state index is 0.0239. The van der Waals surface area contributed by atoms with Crippen molar-refractivity contribution in [2.24, 2.45) is 5.92 Å². The van der Waals surface area contributed by atoms with Crippen molar-refractivity contribution in [1.82, 2.24) is 9.88 Å². The first-order valence-electron chi connectivity index (χ1n) is 8.15. The van der Waals surface area contributed by atoms with Gasteiger partial charge in [-0.05, 0) is 38.4 Å². The van der Waals surface area contributed by atoms with Crippen LogP contribution in [0, 0.1) is 5.92 Å². The molecule has 23 heavy (non-hydrogen) atoms. The summed E-state index contributed by atoms with van der Waals surface area (Å²) in [5, 5.41) is 0. The van der Waals surface area contributed by atoms with Crippen LogP contribution in [0.1, 0.15) is 25.5 Å². The molecular weight excluding hydrogens is 292 g/mol. The van der Waals surface area contributed by atoms with Crippen molar-refractivity contribution in [2.45, 2.75) is 26.3 Å². The first-order valence-corrected chi connectivity index (χ1v) is 8.15. The molecule has 1 aromatic carbocycles. The molecule has 0 radical (unpaired) electrons. The van der Waals surface area contributed by atoms with Crippen LogP contribution in [0.25, 0.3) is 11.5 Å². The number of carbonyl (C=O) groups is 1. The number of hydrogen-bond acceptors (Lipinski definition) is 5. The number of esters is 1. The lowest BCUT2D eigenvalue weighted by Gasteiger charge is -2.30. The van der Waals surface area contributed by atoms with Crippen molar-refractivity contribution >= 4 is 5.97 Å². The molecular formula is C18H22N2O3. The van der Waals surface area contributed by atoms with Crippen LogP contribution in [0.2, 0.25) is 0 Å². The molecule has 0 aliphatic carbocycles. The van der Waals surface area contributed by atoms with Crippen LogP contribution in [0.3, 0.4) is 0 Å². The summed E-state index contributed by atoms with van der Waals surface area (Å²) < 4.78 is 10.7. The van der Waals surface area contributed by atoms with Gasteiger partial charge in [0.1, 0.15) is 6.26 Å². The first kappa shape index (κ1) is 15.7. The van der Waals surface area contributed by atoms with E-state index in [0.717, 1.165) is 37.2 Å². The number of nitrogens with zero attached hydrogens (tertiary/aromatic N) is 2. The molecule has 1 aromatic heterocycles. The average molecular weight is 314 g/mol. The Morgan fingerprint density at radius 3 is 3.00 bits per heavy atom. The summed E-state index contributed by atoms with van der Waals surface area (Å²) in [7, 11) is 0. The van der Waals surface area contributed by atoms with E-state index in [1.165, 1.54) is 0 Å². The van der Waals surface area contributed by atoms with Crippen LogP contribution in [-0.2, 0) is 16.1 Å².